The SMILES string of the molecule is COc1cc(/C=N/NC(=O)c2nn(-c3ccccc3)c(=O)c3ccccc23)ccc1O. The Kier molecular flexibility index (Phi) is 5.44. The van der Waals surface area contributed by atoms with E-state index in [9.17, 15) is 14.7 Å². The number of para-hydroxylation sites is 1. The summed E-state index contributed by atoms with van der Waals surface area (Å²) < 4.78 is 6.26. The topological polar surface area (TPSA) is 106 Å². The van der Waals surface area contributed by atoms with Crippen LogP contribution in [0.4, 0.5) is 0 Å². The monoisotopic (exact) mass is 414 g/mol. The predicted molar refractivity (Wildman–Crippen MR) is 117 cm³/mol. The maximum atomic E-state index is 12.9. The van der Waals surface area contributed by atoms with Crippen molar-refractivity contribution in [3.8, 4) is 17.2 Å². The molecule has 0 aliphatic heterocycles. The van der Waals surface area contributed by atoms with Crippen molar-refractivity contribution in [1.82, 2.24) is 15.2 Å². The summed E-state index contributed by atoms with van der Waals surface area (Å²) in [6, 6.07) is 20.3. The van der Waals surface area contributed by atoms with Gasteiger partial charge in [-0.1, -0.05) is 36.4 Å². The molecular formula is C23H18N4O4. The van der Waals surface area contributed by atoms with E-state index < -0.39 is 5.91 Å². The smallest absolute Gasteiger partial charge is 0.292 e. The van der Waals surface area contributed by atoms with Gasteiger partial charge in [-0.3, -0.25) is 9.59 Å². The van der Waals surface area contributed by atoms with Crippen LogP contribution in [0.3, 0.4) is 0 Å². The first-order valence-corrected chi connectivity index (χ1v) is 9.36. The molecule has 8 nitrogen and oxygen atoms in total. The summed E-state index contributed by atoms with van der Waals surface area (Å²) in [6.45, 7) is 0. The van der Waals surface area contributed by atoms with Gasteiger partial charge in [0.25, 0.3) is 11.5 Å². The standard InChI is InChI=1S/C23H18N4O4/c1-31-20-13-15(11-12-19(20)28)14-24-25-22(29)21-17-9-5-6-10-18(17)23(30)27(26-21)16-7-3-2-4-8-16/h2-14,28H,1H3,(H,25,29)/b24-14+. The lowest BCUT2D eigenvalue weighted by Gasteiger charge is -2.10. The summed E-state index contributed by atoms with van der Waals surface area (Å²) in [5, 5.41) is 18.7. The van der Waals surface area contributed by atoms with Crippen molar-refractivity contribution in [3.63, 3.8) is 0 Å². The molecule has 0 unspecified atom stereocenters. The van der Waals surface area contributed by atoms with Crippen molar-refractivity contribution in [2.45, 2.75) is 0 Å². The number of phenolic OH excluding ortho intramolecular Hbond substituents is 1. The van der Waals surface area contributed by atoms with E-state index in [1.165, 1.54) is 24.1 Å². The normalized spacial score (nSPS) is 11.0. The second kappa shape index (κ2) is 8.50. The Morgan fingerprint density at radius 1 is 1.06 bits per heavy atom. The molecule has 31 heavy (non-hydrogen) atoms. The van der Waals surface area contributed by atoms with Gasteiger partial charge in [-0.25, -0.2) is 5.43 Å². The number of nitrogens with one attached hydrogen (secondary N) is 1. The number of phenols is 1. The summed E-state index contributed by atoms with van der Waals surface area (Å²) >= 11 is 0. The first-order chi connectivity index (χ1) is 15.1. The van der Waals surface area contributed by atoms with E-state index in [0.29, 0.717) is 22.0 Å². The Bertz CT molecular complexity index is 1350. The zero-order chi connectivity index (χ0) is 21.8. The lowest BCUT2D eigenvalue weighted by molar-refractivity contribution is 0.0950. The minimum absolute atomic E-state index is 0.00234. The molecule has 1 amide bonds. The number of nitrogens with zero attached hydrogens (tertiary/aromatic N) is 3. The third-order valence-electron chi connectivity index (χ3n) is 4.60. The number of carbonyl (C=O) groups excluding carboxylic acids is 1. The summed E-state index contributed by atoms with van der Waals surface area (Å²) in [7, 11) is 1.44. The summed E-state index contributed by atoms with van der Waals surface area (Å²) in [5.41, 5.74) is 3.35. The van der Waals surface area contributed by atoms with E-state index in [0.717, 1.165) is 0 Å². The predicted octanol–water partition coefficient (Wildman–Crippen LogP) is 2.86. The first-order valence-electron chi connectivity index (χ1n) is 9.36. The number of fused-ring (bicyclic) bond motifs is 1. The molecule has 0 aliphatic carbocycles. The van der Waals surface area contributed by atoms with Gasteiger partial charge in [0.15, 0.2) is 17.2 Å². The molecule has 1 aromatic heterocycles. The van der Waals surface area contributed by atoms with Gasteiger partial charge in [0.2, 0.25) is 0 Å². The van der Waals surface area contributed by atoms with Gasteiger partial charge in [-0.2, -0.15) is 14.9 Å². The number of hydrogen-bond acceptors (Lipinski definition) is 6. The van der Waals surface area contributed by atoms with Crippen molar-refractivity contribution < 1.29 is 14.6 Å². The van der Waals surface area contributed by atoms with E-state index >= 15 is 0 Å². The van der Waals surface area contributed by atoms with Gasteiger partial charge in [0.1, 0.15) is 0 Å². The third kappa shape index (κ3) is 3.99. The minimum atomic E-state index is -0.567. The zero-order valence-electron chi connectivity index (χ0n) is 16.5. The van der Waals surface area contributed by atoms with Crippen LogP contribution in [0.2, 0.25) is 0 Å². The fourth-order valence-electron chi connectivity index (χ4n) is 3.09. The highest BCUT2D eigenvalue weighted by Gasteiger charge is 2.17. The maximum Gasteiger partial charge on any atom is 0.292 e. The second-order valence-corrected chi connectivity index (χ2v) is 6.58. The fourth-order valence-corrected chi connectivity index (χ4v) is 3.09. The van der Waals surface area contributed by atoms with Crippen molar-refractivity contribution in [2.75, 3.05) is 7.11 Å². The molecule has 0 atom stereocenters. The van der Waals surface area contributed by atoms with Gasteiger partial charge >= 0.3 is 0 Å². The van der Waals surface area contributed by atoms with Crippen LogP contribution in [0.1, 0.15) is 16.1 Å². The molecule has 0 saturated heterocycles. The summed E-state index contributed by atoms with van der Waals surface area (Å²) in [6.07, 6.45) is 1.41. The molecule has 1 heterocycles. The number of hydrogen-bond donors (Lipinski definition) is 2. The number of ether oxygens (including phenoxy) is 1. The number of amides is 1. The van der Waals surface area contributed by atoms with Crippen LogP contribution < -0.4 is 15.7 Å². The number of hydrazone groups is 1. The van der Waals surface area contributed by atoms with Gasteiger partial charge in [0.05, 0.1) is 24.4 Å². The molecule has 0 aliphatic rings. The van der Waals surface area contributed by atoms with Crippen LogP contribution in [0.25, 0.3) is 16.5 Å². The van der Waals surface area contributed by atoms with Crippen LogP contribution in [0, 0.1) is 0 Å². The first kappa shape index (κ1) is 19.8. The van der Waals surface area contributed by atoms with Crippen LogP contribution in [-0.4, -0.2) is 34.1 Å². The Balaban J connectivity index is 1.69. The molecular weight excluding hydrogens is 396 g/mol. The number of carbonyl (C=O) groups is 1. The van der Waals surface area contributed by atoms with E-state index in [2.05, 4.69) is 15.6 Å². The van der Waals surface area contributed by atoms with Crippen LogP contribution in [0.5, 0.6) is 11.5 Å². The molecule has 154 valence electrons. The molecule has 0 fully saturated rings. The molecule has 2 N–H and O–H groups in total. The molecule has 0 bridgehead atoms. The average Bonchev–Trinajstić information content (AvgIpc) is 2.81. The van der Waals surface area contributed by atoms with Crippen molar-refractivity contribution in [1.29, 1.82) is 0 Å². The van der Waals surface area contributed by atoms with Crippen LogP contribution in [0.15, 0.2) is 82.7 Å². The van der Waals surface area contributed by atoms with Crippen molar-refractivity contribution in [2.24, 2.45) is 5.10 Å². The largest absolute Gasteiger partial charge is 0.504 e. The highest BCUT2D eigenvalue weighted by Crippen LogP contribution is 2.25. The van der Waals surface area contributed by atoms with Gasteiger partial charge in [-0.15, -0.1) is 0 Å². The molecule has 4 aromatic rings. The number of methoxy groups -OCH3 is 1. The van der Waals surface area contributed by atoms with E-state index in [4.69, 9.17) is 4.74 Å². The number of aromatic hydroxyl groups is 1. The lowest BCUT2D eigenvalue weighted by atomic mass is 10.1. The third-order valence-corrected chi connectivity index (χ3v) is 4.60. The van der Waals surface area contributed by atoms with Gasteiger partial charge in [-0.05, 0) is 42.0 Å². The Hall–Kier alpha value is -4.46. The van der Waals surface area contributed by atoms with Gasteiger partial charge < -0.3 is 9.84 Å². The highest BCUT2D eigenvalue weighted by molar-refractivity contribution is 6.05. The molecule has 0 saturated carbocycles. The van der Waals surface area contributed by atoms with Crippen molar-refractivity contribution >= 4 is 22.9 Å². The Labute approximate surface area is 177 Å². The molecule has 4 rings (SSSR count). The maximum absolute atomic E-state index is 12.9. The number of rotatable bonds is 5. The minimum Gasteiger partial charge on any atom is -0.504 e. The summed E-state index contributed by atoms with van der Waals surface area (Å²) in [4.78, 5) is 25.8. The summed E-state index contributed by atoms with van der Waals surface area (Å²) in [5.74, 6) is -0.275. The molecule has 0 spiro atoms. The highest BCUT2D eigenvalue weighted by atomic mass is 16.5. The molecule has 3 aromatic carbocycles. The quantitative estimate of drug-likeness (QED) is 0.386. The van der Waals surface area contributed by atoms with Crippen molar-refractivity contribution in [3.05, 3.63) is 94.4 Å². The number of aromatic nitrogens is 2. The molecule has 0 radical (unpaired) electrons. The Morgan fingerprint density at radius 3 is 2.52 bits per heavy atom. The van der Waals surface area contributed by atoms with Crippen LogP contribution >= 0.6 is 0 Å². The Morgan fingerprint density at radius 2 is 1.77 bits per heavy atom. The second-order valence-electron chi connectivity index (χ2n) is 6.58. The number of benzene rings is 3. The zero-order valence-corrected chi connectivity index (χ0v) is 16.5. The molecule has 8 heteroatoms. The van der Waals surface area contributed by atoms with E-state index in [-0.39, 0.29) is 22.8 Å². The van der Waals surface area contributed by atoms with E-state index in [1.54, 1.807) is 60.7 Å². The van der Waals surface area contributed by atoms with E-state index in [1.807, 2.05) is 6.07 Å². The average molecular weight is 414 g/mol. The van der Waals surface area contributed by atoms with Gasteiger partial charge in [0, 0.05) is 5.39 Å². The van der Waals surface area contributed by atoms with Crippen LogP contribution in [-0.2, 0) is 0 Å². The lowest BCUT2D eigenvalue weighted by Crippen LogP contribution is -2.28. The fraction of sp³-hybridized carbons (Fsp3) is 0.0435.